The van der Waals surface area contributed by atoms with Crippen LogP contribution in [0.5, 0.6) is 0 Å². The Morgan fingerprint density at radius 3 is 2.31 bits per heavy atom. The first-order chi connectivity index (χ1) is 7.31. The summed E-state index contributed by atoms with van der Waals surface area (Å²) in [4.78, 5) is 22.3. The van der Waals surface area contributed by atoms with Crippen molar-refractivity contribution in [2.75, 3.05) is 0 Å². The van der Waals surface area contributed by atoms with Crippen molar-refractivity contribution in [1.82, 2.24) is 0 Å². The summed E-state index contributed by atoms with van der Waals surface area (Å²) in [5.74, 6) is -2.15. The summed E-state index contributed by atoms with van der Waals surface area (Å²) < 4.78 is 0. The van der Waals surface area contributed by atoms with E-state index in [1.165, 1.54) is 0 Å². The number of hydrogen-bond donors (Lipinski definition) is 2. The van der Waals surface area contributed by atoms with Gasteiger partial charge in [0.1, 0.15) is 0 Å². The van der Waals surface area contributed by atoms with Gasteiger partial charge in [0.05, 0.1) is 5.41 Å². The lowest BCUT2D eigenvalue weighted by Crippen LogP contribution is -2.37. The van der Waals surface area contributed by atoms with E-state index < -0.39 is 17.4 Å². The third kappa shape index (κ3) is 1.87. The first-order valence-electron chi connectivity index (χ1n) is 5.17. The maximum absolute atomic E-state index is 11.3. The predicted molar refractivity (Wildman–Crippen MR) is 59.0 cm³/mol. The molecule has 1 aliphatic rings. The summed E-state index contributed by atoms with van der Waals surface area (Å²) in [5.41, 5.74) is -0.267. The van der Waals surface area contributed by atoms with Crippen LogP contribution in [0.3, 0.4) is 0 Å². The van der Waals surface area contributed by atoms with E-state index in [1.807, 2.05) is 0 Å². The lowest BCUT2D eigenvalue weighted by Gasteiger charge is -2.33. The van der Waals surface area contributed by atoms with Crippen molar-refractivity contribution in [3.8, 4) is 0 Å². The van der Waals surface area contributed by atoms with Crippen LogP contribution in [-0.2, 0) is 9.59 Å². The van der Waals surface area contributed by atoms with Gasteiger partial charge in [0.25, 0.3) is 0 Å². The number of hydrogen-bond acceptors (Lipinski definition) is 2. The van der Waals surface area contributed by atoms with E-state index in [-0.39, 0.29) is 17.9 Å². The molecule has 0 bridgehead atoms. The molecule has 0 amide bonds. The second-order valence-corrected chi connectivity index (χ2v) is 4.48. The molecule has 16 heavy (non-hydrogen) atoms. The zero-order valence-electron chi connectivity index (χ0n) is 9.65. The molecule has 0 saturated heterocycles. The van der Waals surface area contributed by atoms with E-state index in [2.05, 4.69) is 0 Å². The molecular formula is C12H16O4. The van der Waals surface area contributed by atoms with E-state index in [9.17, 15) is 14.7 Å². The topological polar surface area (TPSA) is 74.6 Å². The van der Waals surface area contributed by atoms with Gasteiger partial charge in [-0.3, -0.25) is 4.79 Å². The summed E-state index contributed by atoms with van der Waals surface area (Å²) in [6.45, 7) is 5.27. The van der Waals surface area contributed by atoms with Gasteiger partial charge in [0.2, 0.25) is 0 Å². The van der Waals surface area contributed by atoms with Crippen molar-refractivity contribution in [2.24, 2.45) is 11.3 Å². The molecule has 0 radical (unpaired) electrons. The molecular weight excluding hydrogens is 208 g/mol. The second-order valence-electron chi connectivity index (χ2n) is 4.48. The molecule has 1 rings (SSSR count). The second kappa shape index (κ2) is 4.12. The highest BCUT2D eigenvalue weighted by Gasteiger charge is 2.43. The fourth-order valence-corrected chi connectivity index (χ4v) is 1.90. The molecule has 1 unspecified atom stereocenters. The van der Waals surface area contributed by atoms with Gasteiger partial charge in [-0.25, -0.2) is 4.79 Å². The lowest BCUT2D eigenvalue weighted by molar-refractivity contribution is -0.148. The third-order valence-corrected chi connectivity index (χ3v) is 3.26. The molecule has 88 valence electrons. The van der Waals surface area contributed by atoms with Gasteiger partial charge in [0.15, 0.2) is 0 Å². The highest BCUT2D eigenvalue weighted by molar-refractivity contribution is 5.91. The molecule has 0 spiro atoms. The Labute approximate surface area is 94.3 Å². The largest absolute Gasteiger partial charge is 0.481 e. The highest BCUT2D eigenvalue weighted by Crippen LogP contribution is 2.40. The van der Waals surface area contributed by atoms with E-state index in [4.69, 9.17) is 5.11 Å². The third-order valence-electron chi connectivity index (χ3n) is 3.26. The summed E-state index contributed by atoms with van der Waals surface area (Å²) in [6.07, 6.45) is 3.26. The van der Waals surface area contributed by atoms with Crippen molar-refractivity contribution in [3.63, 3.8) is 0 Å². The van der Waals surface area contributed by atoms with Gasteiger partial charge in [-0.2, -0.15) is 0 Å². The number of carboxylic acid groups (broad SMARTS) is 2. The minimum absolute atomic E-state index is 0.0532. The Morgan fingerprint density at radius 1 is 1.38 bits per heavy atom. The standard InChI is InChI=1S/C12H16O4/c1-7(2)12(11(15)16)5-4-8(3)9(6-12)10(13)14/h4-5,7H,6H2,1-3H3,(H,13,14)(H,15,16). The first kappa shape index (κ1) is 12.5. The van der Waals surface area contributed by atoms with E-state index in [1.54, 1.807) is 32.9 Å². The zero-order valence-corrected chi connectivity index (χ0v) is 9.65. The number of allylic oxidation sites excluding steroid dienone is 2. The van der Waals surface area contributed by atoms with Gasteiger partial charge in [-0.15, -0.1) is 0 Å². The van der Waals surface area contributed by atoms with Gasteiger partial charge in [-0.05, 0) is 24.8 Å². The summed E-state index contributed by atoms with van der Waals surface area (Å²) in [6, 6.07) is 0. The Morgan fingerprint density at radius 2 is 1.94 bits per heavy atom. The normalized spacial score (nSPS) is 25.0. The predicted octanol–water partition coefficient (Wildman–Crippen LogP) is 2.07. The van der Waals surface area contributed by atoms with Crippen molar-refractivity contribution in [1.29, 1.82) is 0 Å². The molecule has 2 N–H and O–H groups in total. The van der Waals surface area contributed by atoms with Crippen LogP contribution in [-0.4, -0.2) is 22.2 Å². The molecule has 0 aromatic rings. The molecule has 0 heterocycles. The van der Waals surface area contributed by atoms with Crippen LogP contribution >= 0.6 is 0 Å². The molecule has 0 aliphatic heterocycles. The maximum atomic E-state index is 11.3. The monoisotopic (exact) mass is 224 g/mol. The van der Waals surface area contributed by atoms with E-state index >= 15 is 0 Å². The van der Waals surface area contributed by atoms with Crippen LogP contribution < -0.4 is 0 Å². The van der Waals surface area contributed by atoms with Crippen LogP contribution in [0.1, 0.15) is 27.2 Å². The SMILES string of the molecule is CC1=C(C(=O)O)CC(C(=O)O)(C(C)C)C=C1. The highest BCUT2D eigenvalue weighted by atomic mass is 16.4. The van der Waals surface area contributed by atoms with Gasteiger partial charge in [-0.1, -0.05) is 26.0 Å². The molecule has 1 aliphatic carbocycles. The van der Waals surface area contributed by atoms with Crippen LogP contribution in [0, 0.1) is 11.3 Å². The number of carboxylic acids is 2. The fourth-order valence-electron chi connectivity index (χ4n) is 1.90. The van der Waals surface area contributed by atoms with Crippen LogP contribution in [0.15, 0.2) is 23.3 Å². The Hall–Kier alpha value is -1.58. The molecule has 0 aromatic heterocycles. The summed E-state index contributed by atoms with van der Waals surface area (Å²) in [5, 5.41) is 18.3. The molecule has 0 fully saturated rings. The van der Waals surface area contributed by atoms with Crippen LogP contribution in [0.25, 0.3) is 0 Å². The molecule has 0 saturated carbocycles. The van der Waals surface area contributed by atoms with Gasteiger partial charge in [0, 0.05) is 5.57 Å². The molecule has 0 aromatic carbocycles. The molecule has 4 nitrogen and oxygen atoms in total. The molecule has 1 atom stereocenters. The zero-order chi connectivity index (χ0) is 12.5. The maximum Gasteiger partial charge on any atom is 0.331 e. The first-order valence-corrected chi connectivity index (χ1v) is 5.17. The van der Waals surface area contributed by atoms with Gasteiger partial charge < -0.3 is 10.2 Å². The number of rotatable bonds is 3. The smallest absolute Gasteiger partial charge is 0.331 e. The average Bonchev–Trinajstić information content (AvgIpc) is 2.17. The van der Waals surface area contributed by atoms with Crippen molar-refractivity contribution in [2.45, 2.75) is 27.2 Å². The Bertz CT molecular complexity index is 390. The Balaban J connectivity index is 3.20. The van der Waals surface area contributed by atoms with Crippen molar-refractivity contribution >= 4 is 11.9 Å². The minimum atomic E-state index is -1.09. The van der Waals surface area contributed by atoms with E-state index in [0.29, 0.717) is 5.57 Å². The average molecular weight is 224 g/mol. The number of carbonyl (C=O) groups is 2. The minimum Gasteiger partial charge on any atom is -0.481 e. The van der Waals surface area contributed by atoms with Crippen LogP contribution in [0.4, 0.5) is 0 Å². The van der Waals surface area contributed by atoms with Gasteiger partial charge >= 0.3 is 11.9 Å². The van der Waals surface area contributed by atoms with Crippen molar-refractivity contribution in [3.05, 3.63) is 23.3 Å². The summed E-state index contributed by atoms with van der Waals surface area (Å²) in [7, 11) is 0. The summed E-state index contributed by atoms with van der Waals surface area (Å²) >= 11 is 0. The quantitative estimate of drug-likeness (QED) is 0.769. The van der Waals surface area contributed by atoms with E-state index in [0.717, 1.165) is 0 Å². The number of aliphatic carboxylic acids is 2. The Kier molecular flexibility index (Phi) is 3.21. The fraction of sp³-hybridized carbons (Fsp3) is 0.500. The van der Waals surface area contributed by atoms with Crippen LogP contribution in [0.2, 0.25) is 0 Å². The molecule has 4 heteroatoms. The van der Waals surface area contributed by atoms with Crippen molar-refractivity contribution < 1.29 is 19.8 Å². The lowest BCUT2D eigenvalue weighted by atomic mass is 9.69.